The third-order valence-electron chi connectivity index (χ3n) is 12.2. The topological polar surface area (TPSA) is 63.0 Å². The van der Waals surface area contributed by atoms with Gasteiger partial charge in [0.05, 0.1) is 0 Å². The van der Waals surface area contributed by atoms with E-state index in [4.69, 9.17) is 0 Å². The highest BCUT2D eigenvalue weighted by Crippen LogP contribution is 2.47. The maximum Gasteiger partial charge on any atom is 0.134 e. The molecule has 40 heavy (non-hydrogen) atoms. The summed E-state index contributed by atoms with van der Waals surface area (Å²) in [5.41, 5.74) is 0. The van der Waals surface area contributed by atoms with Crippen molar-refractivity contribution >= 4 is 0 Å². The van der Waals surface area contributed by atoms with Gasteiger partial charge in [-0.2, -0.15) is 0 Å². The van der Waals surface area contributed by atoms with Crippen LogP contribution in [0, 0.1) is 59.2 Å². The van der Waals surface area contributed by atoms with Gasteiger partial charge in [-0.15, -0.1) is 0 Å². The van der Waals surface area contributed by atoms with Crippen molar-refractivity contribution in [3.8, 4) is 0 Å². The molecule has 0 amide bonds. The quantitative estimate of drug-likeness (QED) is 0.296. The molecule has 5 rings (SSSR count). The molecule has 0 aromatic rings. The van der Waals surface area contributed by atoms with Crippen LogP contribution in [0.25, 0.3) is 0 Å². The van der Waals surface area contributed by atoms with Crippen molar-refractivity contribution in [3.05, 3.63) is 0 Å². The molecule has 2 nitrogen and oxygen atoms in total. The van der Waals surface area contributed by atoms with E-state index in [1.165, 1.54) is 51.4 Å². The zero-order valence-electron chi connectivity index (χ0n) is 25.9. The molecule has 8 unspecified atom stereocenters. The number of hydrogen-bond acceptors (Lipinski definition) is 0. The molecule has 0 aliphatic heterocycles. The first kappa shape index (κ1) is 35.8. The van der Waals surface area contributed by atoms with Gasteiger partial charge in [0.2, 0.25) is 0 Å². The van der Waals surface area contributed by atoms with Crippen molar-refractivity contribution in [2.75, 3.05) is 0 Å². The molecule has 4 N–H and O–H groups in total. The van der Waals surface area contributed by atoms with E-state index in [2.05, 4.69) is 13.8 Å². The summed E-state index contributed by atoms with van der Waals surface area (Å²) in [6.45, 7) is 8.36. The molecule has 0 spiro atoms. The molecule has 0 aromatic carbocycles. The zero-order valence-corrected chi connectivity index (χ0v) is 25.9. The molecule has 0 saturated heterocycles. The molecule has 0 aromatic heterocycles. The van der Waals surface area contributed by atoms with E-state index in [-0.39, 0.29) is 38.9 Å². The van der Waals surface area contributed by atoms with Gasteiger partial charge in [0.25, 0.3) is 0 Å². The molecular weight excluding hydrogens is 516 g/mol. The lowest BCUT2D eigenvalue weighted by atomic mass is 9.64. The van der Waals surface area contributed by atoms with Gasteiger partial charge in [-0.25, -0.2) is 17.6 Å². The Labute approximate surface area is 247 Å². The monoisotopic (exact) mass is 585 g/mol. The number of rotatable bonds is 3. The first-order valence-electron chi connectivity index (χ1n) is 16.7. The molecule has 0 bridgehead atoms. The predicted octanol–water partition coefficient (Wildman–Crippen LogP) is 9.96. The maximum atomic E-state index is 14.4. The highest BCUT2D eigenvalue weighted by atomic mass is 19.2. The maximum absolute atomic E-state index is 14.4. The summed E-state index contributed by atoms with van der Waals surface area (Å²) in [6.07, 6.45) is 13.9. The minimum absolute atomic E-state index is 0. The molecule has 8 atom stereocenters. The van der Waals surface area contributed by atoms with Gasteiger partial charge in [-0.1, -0.05) is 53.4 Å². The first-order valence-corrected chi connectivity index (χ1v) is 16.7. The first-order chi connectivity index (χ1) is 18.2. The van der Waals surface area contributed by atoms with E-state index in [1.54, 1.807) is 0 Å². The lowest BCUT2D eigenvalue weighted by Gasteiger charge is -2.42. The fraction of sp³-hybridized carbons (Fsp3) is 1.00. The van der Waals surface area contributed by atoms with E-state index < -0.39 is 24.7 Å². The van der Waals surface area contributed by atoms with Gasteiger partial charge in [0, 0.05) is 4.28 Å². The van der Waals surface area contributed by atoms with Gasteiger partial charge >= 0.3 is 0 Å². The SMILES string of the molecule is CC1CCC(C2CCC(C)C(F)C2F)CC1.CC1CCC(C2CCC(C3CCC(C)C(F)C3F)CC2)CC1.O.O.[HH].[HH].[HH]. The molecule has 5 aliphatic carbocycles. The highest BCUT2D eigenvalue weighted by molar-refractivity contribution is 4.93. The average Bonchev–Trinajstić information content (AvgIpc) is 2.92. The summed E-state index contributed by atoms with van der Waals surface area (Å²) >= 11 is 0. The van der Waals surface area contributed by atoms with Gasteiger partial charge in [0.15, 0.2) is 0 Å². The van der Waals surface area contributed by atoms with Crippen LogP contribution in [0.2, 0.25) is 0 Å². The van der Waals surface area contributed by atoms with E-state index in [9.17, 15) is 17.6 Å². The predicted molar refractivity (Wildman–Crippen MR) is 165 cm³/mol. The summed E-state index contributed by atoms with van der Waals surface area (Å²) < 4.78 is 56.1. The minimum atomic E-state index is -1.21. The van der Waals surface area contributed by atoms with E-state index in [0.29, 0.717) is 11.8 Å². The highest BCUT2D eigenvalue weighted by Gasteiger charge is 2.44. The van der Waals surface area contributed by atoms with Crippen LogP contribution < -0.4 is 0 Å². The van der Waals surface area contributed by atoms with Crippen molar-refractivity contribution < 1.29 is 32.8 Å². The number of alkyl halides is 4. The van der Waals surface area contributed by atoms with E-state index >= 15 is 0 Å². The van der Waals surface area contributed by atoms with Gasteiger partial charge in [-0.3, -0.25) is 0 Å². The lowest BCUT2D eigenvalue weighted by molar-refractivity contribution is -0.00996. The van der Waals surface area contributed by atoms with Crippen LogP contribution in [0.4, 0.5) is 17.6 Å². The van der Waals surface area contributed by atoms with Crippen molar-refractivity contribution in [2.24, 2.45) is 59.2 Å². The second-order valence-corrected chi connectivity index (χ2v) is 14.9. The third kappa shape index (κ3) is 8.83. The Bertz CT molecular complexity index is 701. The van der Waals surface area contributed by atoms with Crippen LogP contribution in [-0.2, 0) is 0 Å². The number of halogens is 4. The van der Waals surface area contributed by atoms with Crippen molar-refractivity contribution in [2.45, 2.75) is 155 Å². The molecule has 6 heteroatoms. The Morgan fingerprint density at radius 1 is 0.350 bits per heavy atom. The van der Waals surface area contributed by atoms with Crippen LogP contribution in [0.1, 0.15) is 135 Å². The molecular formula is C34H68F4O2. The lowest BCUT2D eigenvalue weighted by Crippen LogP contribution is -2.41. The normalized spacial score (nSPS) is 48.0. The Morgan fingerprint density at radius 2 is 0.625 bits per heavy atom. The smallest absolute Gasteiger partial charge is 0.134 e. The standard InChI is InChI=1S/C20H34F2.C14H24F2.2H2O.3H2/c1-13-3-6-15(7-4-13)16-8-10-17(11-9-16)18-12-5-14(2)19(21)20(18)22;1-9-3-6-11(7-4-9)12-8-5-10(2)13(15)14(12)16;;;;;/h13-20H,3-12H2,1-2H3;9-14H,3-8H2,1-2H3;2*1H2;3*1H. The Balaban J connectivity index is 0. The summed E-state index contributed by atoms with van der Waals surface area (Å²) in [5.74, 6) is 4.31. The summed E-state index contributed by atoms with van der Waals surface area (Å²) in [4.78, 5) is 0. The second kappa shape index (κ2) is 16.5. The van der Waals surface area contributed by atoms with Crippen LogP contribution in [0.3, 0.4) is 0 Å². The average molecular weight is 585 g/mol. The molecule has 0 heterocycles. The summed E-state index contributed by atoms with van der Waals surface area (Å²) in [5, 5.41) is 0. The van der Waals surface area contributed by atoms with Crippen molar-refractivity contribution in [1.29, 1.82) is 0 Å². The Kier molecular flexibility index (Phi) is 14.8. The van der Waals surface area contributed by atoms with Gasteiger partial charge in [0.1, 0.15) is 24.7 Å². The van der Waals surface area contributed by atoms with E-state index in [1.807, 2.05) is 13.8 Å². The van der Waals surface area contributed by atoms with Crippen LogP contribution in [0.5, 0.6) is 0 Å². The fourth-order valence-electron chi connectivity index (χ4n) is 9.15. The summed E-state index contributed by atoms with van der Waals surface area (Å²) in [7, 11) is 0. The van der Waals surface area contributed by atoms with Crippen LogP contribution >= 0.6 is 0 Å². The molecule has 244 valence electrons. The Hall–Kier alpha value is -0.360. The third-order valence-corrected chi connectivity index (χ3v) is 12.2. The fourth-order valence-corrected chi connectivity index (χ4v) is 9.15. The number of hydrogen-bond donors (Lipinski definition) is 0. The summed E-state index contributed by atoms with van der Waals surface area (Å²) in [6, 6.07) is 0. The van der Waals surface area contributed by atoms with Crippen LogP contribution in [-0.4, -0.2) is 35.6 Å². The second-order valence-electron chi connectivity index (χ2n) is 14.9. The molecule has 5 saturated carbocycles. The zero-order chi connectivity index (χ0) is 27.4. The van der Waals surface area contributed by atoms with Crippen LogP contribution in [0.15, 0.2) is 0 Å². The molecule has 5 aliphatic rings. The minimum Gasteiger partial charge on any atom is -0.412 e. The largest absolute Gasteiger partial charge is 0.412 e. The molecule has 0 radical (unpaired) electrons. The van der Waals surface area contributed by atoms with Crippen molar-refractivity contribution in [1.82, 2.24) is 0 Å². The Morgan fingerprint density at radius 3 is 0.975 bits per heavy atom. The van der Waals surface area contributed by atoms with E-state index in [0.717, 1.165) is 75.0 Å². The van der Waals surface area contributed by atoms with Gasteiger partial charge < -0.3 is 11.0 Å². The van der Waals surface area contributed by atoms with Crippen molar-refractivity contribution in [3.63, 3.8) is 0 Å². The molecule has 5 fully saturated rings. The van der Waals surface area contributed by atoms with Gasteiger partial charge in [-0.05, 0) is 136 Å².